The van der Waals surface area contributed by atoms with E-state index in [0.717, 1.165) is 12.0 Å². The molecule has 1 aromatic rings. The minimum absolute atomic E-state index is 0.285. The molecule has 2 rings (SSSR count). The molecule has 0 saturated heterocycles. The molecule has 17 heavy (non-hydrogen) atoms. The van der Waals surface area contributed by atoms with Crippen molar-refractivity contribution in [2.24, 2.45) is 0 Å². The Balaban J connectivity index is 2.09. The molecule has 0 fully saturated rings. The zero-order valence-corrected chi connectivity index (χ0v) is 10.0. The summed E-state index contributed by atoms with van der Waals surface area (Å²) in [6.07, 6.45) is 0.275. The third kappa shape index (κ3) is 2.90. The molecule has 0 aliphatic carbocycles. The molecule has 0 bridgehead atoms. The lowest BCUT2D eigenvalue weighted by Crippen LogP contribution is -2.18. The number of hydrogen-bond acceptors (Lipinski definition) is 4. The zero-order valence-electron chi connectivity index (χ0n) is 10.0. The van der Waals surface area contributed by atoms with E-state index in [1.54, 1.807) is 0 Å². The fraction of sp³-hybridized carbons (Fsp3) is 0.538. The molecule has 0 aromatic heterocycles. The number of benzene rings is 1. The third-order valence-corrected chi connectivity index (χ3v) is 2.58. The van der Waals surface area contributed by atoms with Gasteiger partial charge in [-0.1, -0.05) is 19.1 Å². The van der Waals surface area contributed by atoms with Gasteiger partial charge >= 0.3 is 0 Å². The van der Waals surface area contributed by atoms with Crippen LogP contribution in [0.1, 0.15) is 25.0 Å². The van der Waals surface area contributed by atoms with Crippen molar-refractivity contribution in [1.29, 1.82) is 0 Å². The monoisotopic (exact) mass is 238 g/mol. The second-order valence-electron chi connectivity index (χ2n) is 3.96. The maximum absolute atomic E-state index is 10.0. The second-order valence-corrected chi connectivity index (χ2v) is 3.96. The molecule has 0 spiro atoms. The highest BCUT2D eigenvalue weighted by molar-refractivity contribution is 5.48. The summed E-state index contributed by atoms with van der Waals surface area (Å²) in [5, 5.41) is 10.0. The van der Waals surface area contributed by atoms with Gasteiger partial charge in [0.1, 0.15) is 19.3 Å². The van der Waals surface area contributed by atoms with Crippen molar-refractivity contribution in [1.82, 2.24) is 0 Å². The number of rotatable bonds is 5. The van der Waals surface area contributed by atoms with E-state index in [2.05, 4.69) is 0 Å². The fourth-order valence-electron chi connectivity index (χ4n) is 1.79. The summed E-state index contributed by atoms with van der Waals surface area (Å²) >= 11 is 0. The molecule has 94 valence electrons. The van der Waals surface area contributed by atoms with Crippen LogP contribution < -0.4 is 9.47 Å². The summed E-state index contributed by atoms with van der Waals surface area (Å²) in [5.74, 6) is 1.34. The first-order chi connectivity index (χ1) is 8.33. The topological polar surface area (TPSA) is 47.9 Å². The van der Waals surface area contributed by atoms with E-state index in [4.69, 9.17) is 14.2 Å². The lowest BCUT2D eigenvalue weighted by atomic mass is 10.1. The Hall–Kier alpha value is -1.26. The highest BCUT2D eigenvalue weighted by atomic mass is 16.6. The molecule has 4 nitrogen and oxygen atoms in total. The molecule has 1 atom stereocenters. The van der Waals surface area contributed by atoms with Crippen LogP contribution in [0.25, 0.3) is 0 Å². The van der Waals surface area contributed by atoms with E-state index in [-0.39, 0.29) is 6.61 Å². The van der Waals surface area contributed by atoms with Gasteiger partial charge in [0.05, 0.1) is 6.61 Å². The Labute approximate surface area is 101 Å². The molecular weight excluding hydrogens is 220 g/mol. The molecule has 0 saturated carbocycles. The Morgan fingerprint density at radius 3 is 3.00 bits per heavy atom. The number of para-hydroxylation sites is 1. The van der Waals surface area contributed by atoms with Crippen LogP contribution in [-0.2, 0) is 4.74 Å². The SMILES string of the molecule is CCCOCC(O)c1cccc2c1OCCO2. The predicted octanol–water partition coefficient (Wildman–Crippen LogP) is 1.92. The number of aliphatic hydroxyl groups excluding tert-OH is 1. The van der Waals surface area contributed by atoms with Crippen molar-refractivity contribution in [3.63, 3.8) is 0 Å². The van der Waals surface area contributed by atoms with Crippen LogP contribution in [0.15, 0.2) is 18.2 Å². The third-order valence-electron chi connectivity index (χ3n) is 2.58. The lowest BCUT2D eigenvalue weighted by molar-refractivity contribution is 0.0336. The molecular formula is C13H18O4. The van der Waals surface area contributed by atoms with Gasteiger partial charge in [0, 0.05) is 12.2 Å². The summed E-state index contributed by atoms with van der Waals surface area (Å²) in [4.78, 5) is 0. The standard InChI is InChI=1S/C13H18O4/c1-2-6-15-9-11(14)10-4-3-5-12-13(10)17-8-7-16-12/h3-5,11,14H,2,6-9H2,1H3. The molecule has 1 unspecified atom stereocenters. The van der Waals surface area contributed by atoms with Crippen LogP contribution in [-0.4, -0.2) is 31.5 Å². The van der Waals surface area contributed by atoms with E-state index in [9.17, 15) is 5.11 Å². The van der Waals surface area contributed by atoms with Gasteiger partial charge in [-0.25, -0.2) is 0 Å². The Bertz CT molecular complexity index is 364. The number of aliphatic hydroxyl groups is 1. The fourth-order valence-corrected chi connectivity index (χ4v) is 1.79. The molecule has 4 heteroatoms. The molecule has 1 aliphatic rings. The molecule has 0 amide bonds. The van der Waals surface area contributed by atoms with E-state index < -0.39 is 6.10 Å². The Kier molecular flexibility index (Phi) is 4.23. The first-order valence-electron chi connectivity index (χ1n) is 5.97. The van der Waals surface area contributed by atoms with Crippen LogP contribution in [0.2, 0.25) is 0 Å². The van der Waals surface area contributed by atoms with Crippen molar-refractivity contribution in [2.45, 2.75) is 19.4 Å². The van der Waals surface area contributed by atoms with Crippen molar-refractivity contribution in [2.75, 3.05) is 26.4 Å². The van der Waals surface area contributed by atoms with E-state index in [0.29, 0.717) is 31.3 Å². The molecule has 0 radical (unpaired) electrons. The summed E-state index contributed by atoms with van der Waals surface area (Å²) < 4.78 is 16.3. The minimum Gasteiger partial charge on any atom is -0.486 e. The van der Waals surface area contributed by atoms with Crippen LogP contribution >= 0.6 is 0 Å². The molecule has 1 aromatic carbocycles. The minimum atomic E-state index is -0.668. The van der Waals surface area contributed by atoms with Gasteiger partial charge in [0.2, 0.25) is 0 Å². The smallest absolute Gasteiger partial charge is 0.167 e. The van der Waals surface area contributed by atoms with E-state index in [1.807, 2.05) is 25.1 Å². The first-order valence-corrected chi connectivity index (χ1v) is 5.97. The molecule has 1 aliphatic heterocycles. The van der Waals surface area contributed by atoms with Gasteiger partial charge in [-0.3, -0.25) is 0 Å². The maximum Gasteiger partial charge on any atom is 0.167 e. The average Bonchev–Trinajstić information content (AvgIpc) is 2.38. The van der Waals surface area contributed by atoms with E-state index >= 15 is 0 Å². The first kappa shape index (κ1) is 12.2. The summed E-state index contributed by atoms with van der Waals surface area (Å²) in [6.45, 7) is 4.05. The maximum atomic E-state index is 10.0. The van der Waals surface area contributed by atoms with Crippen molar-refractivity contribution < 1.29 is 19.3 Å². The quantitative estimate of drug-likeness (QED) is 0.796. The molecule has 1 heterocycles. The molecule has 1 N–H and O–H groups in total. The number of fused-ring (bicyclic) bond motifs is 1. The largest absolute Gasteiger partial charge is 0.486 e. The highest BCUT2D eigenvalue weighted by Crippen LogP contribution is 2.36. The van der Waals surface area contributed by atoms with Crippen molar-refractivity contribution >= 4 is 0 Å². The summed E-state index contributed by atoms with van der Waals surface area (Å²) in [6, 6.07) is 5.54. The van der Waals surface area contributed by atoms with Crippen LogP contribution in [0, 0.1) is 0 Å². The normalized spacial score (nSPS) is 15.6. The predicted molar refractivity (Wildman–Crippen MR) is 63.5 cm³/mol. The van der Waals surface area contributed by atoms with Gasteiger partial charge in [-0.2, -0.15) is 0 Å². The van der Waals surface area contributed by atoms with Crippen molar-refractivity contribution in [3.8, 4) is 11.5 Å². The van der Waals surface area contributed by atoms with Gasteiger partial charge in [0.25, 0.3) is 0 Å². The second kappa shape index (κ2) is 5.89. The Morgan fingerprint density at radius 2 is 2.18 bits per heavy atom. The lowest BCUT2D eigenvalue weighted by Gasteiger charge is -2.23. The Morgan fingerprint density at radius 1 is 1.35 bits per heavy atom. The van der Waals surface area contributed by atoms with Gasteiger partial charge < -0.3 is 19.3 Å². The average molecular weight is 238 g/mol. The zero-order chi connectivity index (χ0) is 12.1. The van der Waals surface area contributed by atoms with Gasteiger partial charge in [0.15, 0.2) is 11.5 Å². The van der Waals surface area contributed by atoms with Crippen LogP contribution in [0.4, 0.5) is 0 Å². The number of ether oxygens (including phenoxy) is 3. The van der Waals surface area contributed by atoms with Crippen LogP contribution in [0.3, 0.4) is 0 Å². The summed E-state index contributed by atoms with van der Waals surface area (Å²) in [5.41, 5.74) is 0.735. The summed E-state index contributed by atoms with van der Waals surface area (Å²) in [7, 11) is 0. The van der Waals surface area contributed by atoms with Crippen molar-refractivity contribution in [3.05, 3.63) is 23.8 Å². The highest BCUT2D eigenvalue weighted by Gasteiger charge is 2.20. The number of hydrogen-bond donors (Lipinski definition) is 1. The van der Waals surface area contributed by atoms with Crippen LogP contribution in [0.5, 0.6) is 11.5 Å². The van der Waals surface area contributed by atoms with Gasteiger partial charge in [-0.05, 0) is 12.5 Å². The van der Waals surface area contributed by atoms with Gasteiger partial charge in [-0.15, -0.1) is 0 Å². The van der Waals surface area contributed by atoms with E-state index in [1.165, 1.54) is 0 Å².